The average molecular weight is 216 g/mol. The standard InChI is InChI=1S/C9H16N2O2S/c1-3-4-8-10-9(14-11-8)5-7(12)6-13-2/h7,12H,3-6H2,1-2H3. The summed E-state index contributed by atoms with van der Waals surface area (Å²) in [6.45, 7) is 2.45. The number of aromatic nitrogens is 2. The summed E-state index contributed by atoms with van der Waals surface area (Å²) in [6, 6.07) is 0. The number of aryl methyl sites for hydroxylation is 1. The molecule has 4 nitrogen and oxygen atoms in total. The fourth-order valence-corrected chi connectivity index (χ4v) is 1.91. The molecule has 0 aliphatic heterocycles. The number of hydrogen-bond acceptors (Lipinski definition) is 5. The van der Waals surface area contributed by atoms with Crippen LogP contribution in [0.25, 0.3) is 0 Å². The summed E-state index contributed by atoms with van der Waals surface area (Å²) < 4.78 is 9.03. The molecule has 0 radical (unpaired) electrons. The summed E-state index contributed by atoms with van der Waals surface area (Å²) in [6.07, 6.45) is 2.03. The topological polar surface area (TPSA) is 55.2 Å². The van der Waals surface area contributed by atoms with E-state index in [1.807, 2.05) is 0 Å². The zero-order chi connectivity index (χ0) is 10.4. The summed E-state index contributed by atoms with van der Waals surface area (Å²) in [5.74, 6) is 0.886. The van der Waals surface area contributed by atoms with Crippen molar-refractivity contribution in [2.75, 3.05) is 13.7 Å². The second kappa shape index (κ2) is 6.06. The molecule has 0 saturated carbocycles. The zero-order valence-electron chi connectivity index (χ0n) is 8.56. The first kappa shape index (κ1) is 11.6. The molecular weight excluding hydrogens is 200 g/mol. The van der Waals surface area contributed by atoms with Gasteiger partial charge in [0.1, 0.15) is 10.8 Å². The van der Waals surface area contributed by atoms with Crippen molar-refractivity contribution in [3.8, 4) is 0 Å². The van der Waals surface area contributed by atoms with E-state index in [4.69, 9.17) is 4.74 Å². The van der Waals surface area contributed by atoms with Gasteiger partial charge in [-0.1, -0.05) is 6.92 Å². The Morgan fingerprint density at radius 3 is 3.00 bits per heavy atom. The van der Waals surface area contributed by atoms with Gasteiger partial charge in [-0.05, 0) is 18.0 Å². The lowest BCUT2D eigenvalue weighted by Crippen LogP contribution is -2.16. The van der Waals surface area contributed by atoms with Crippen molar-refractivity contribution < 1.29 is 9.84 Å². The third-order valence-electron chi connectivity index (χ3n) is 1.75. The summed E-state index contributed by atoms with van der Waals surface area (Å²) in [5.41, 5.74) is 0. The van der Waals surface area contributed by atoms with E-state index in [1.165, 1.54) is 11.5 Å². The zero-order valence-corrected chi connectivity index (χ0v) is 9.38. The molecule has 0 spiro atoms. The van der Waals surface area contributed by atoms with E-state index in [1.54, 1.807) is 7.11 Å². The van der Waals surface area contributed by atoms with Gasteiger partial charge in [0.15, 0.2) is 0 Å². The molecule has 14 heavy (non-hydrogen) atoms. The molecule has 0 aromatic carbocycles. The Labute approximate surface area is 88.1 Å². The van der Waals surface area contributed by atoms with Crippen LogP contribution in [0.15, 0.2) is 0 Å². The smallest absolute Gasteiger partial charge is 0.142 e. The molecule has 80 valence electrons. The van der Waals surface area contributed by atoms with Crippen LogP contribution in [0.4, 0.5) is 0 Å². The van der Waals surface area contributed by atoms with Crippen LogP contribution in [-0.2, 0) is 17.6 Å². The summed E-state index contributed by atoms with van der Waals surface area (Å²) in [7, 11) is 1.58. The van der Waals surface area contributed by atoms with E-state index in [2.05, 4.69) is 16.3 Å². The maximum absolute atomic E-state index is 9.46. The maximum Gasteiger partial charge on any atom is 0.142 e. The molecule has 1 atom stereocenters. The summed E-state index contributed by atoms with van der Waals surface area (Å²) in [4.78, 5) is 4.31. The normalized spacial score (nSPS) is 13.1. The molecule has 0 amide bonds. The van der Waals surface area contributed by atoms with Gasteiger partial charge in [0, 0.05) is 20.0 Å². The number of aliphatic hydroxyl groups is 1. The van der Waals surface area contributed by atoms with Gasteiger partial charge in [0.25, 0.3) is 0 Å². The van der Waals surface area contributed by atoms with Gasteiger partial charge in [-0.2, -0.15) is 4.37 Å². The van der Waals surface area contributed by atoms with Gasteiger partial charge in [-0.3, -0.25) is 0 Å². The third kappa shape index (κ3) is 3.69. The van der Waals surface area contributed by atoms with Gasteiger partial charge < -0.3 is 9.84 Å². The number of nitrogens with zero attached hydrogens (tertiary/aromatic N) is 2. The number of hydrogen-bond donors (Lipinski definition) is 1. The molecular formula is C9H16N2O2S. The summed E-state index contributed by atoms with van der Waals surface area (Å²) >= 11 is 1.37. The van der Waals surface area contributed by atoms with E-state index in [9.17, 15) is 5.11 Å². The molecule has 0 aliphatic carbocycles. The molecule has 1 N–H and O–H groups in total. The molecule has 0 fully saturated rings. The van der Waals surface area contributed by atoms with Crippen molar-refractivity contribution in [3.63, 3.8) is 0 Å². The Balaban J connectivity index is 2.42. The highest BCUT2D eigenvalue weighted by Gasteiger charge is 2.09. The number of ether oxygens (including phenoxy) is 1. The minimum atomic E-state index is -0.470. The molecule has 1 aromatic heterocycles. The van der Waals surface area contributed by atoms with Crippen molar-refractivity contribution >= 4 is 11.5 Å². The van der Waals surface area contributed by atoms with Crippen LogP contribution in [0.1, 0.15) is 24.2 Å². The fraction of sp³-hybridized carbons (Fsp3) is 0.778. The van der Waals surface area contributed by atoms with E-state index in [0.29, 0.717) is 13.0 Å². The van der Waals surface area contributed by atoms with E-state index < -0.39 is 6.10 Å². The number of rotatable bonds is 6. The van der Waals surface area contributed by atoms with Gasteiger partial charge in [-0.15, -0.1) is 0 Å². The first-order chi connectivity index (χ1) is 6.76. The third-order valence-corrected chi connectivity index (χ3v) is 2.52. The molecule has 0 bridgehead atoms. The first-order valence-electron chi connectivity index (χ1n) is 4.74. The highest BCUT2D eigenvalue weighted by molar-refractivity contribution is 7.05. The Kier molecular flexibility index (Phi) is 5.00. The highest BCUT2D eigenvalue weighted by Crippen LogP contribution is 2.09. The second-order valence-electron chi connectivity index (χ2n) is 3.17. The van der Waals surface area contributed by atoms with Crippen LogP contribution in [-0.4, -0.2) is 34.3 Å². The lowest BCUT2D eigenvalue weighted by molar-refractivity contribution is 0.0650. The second-order valence-corrected chi connectivity index (χ2v) is 4.00. The van der Waals surface area contributed by atoms with Gasteiger partial charge in [0.05, 0.1) is 12.7 Å². The van der Waals surface area contributed by atoms with E-state index in [0.717, 1.165) is 23.7 Å². The van der Waals surface area contributed by atoms with Crippen LogP contribution >= 0.6 is 11.5 Å². The lowest BCUT2D eigenvalue weighted by Gasteiger charge is -2.05. The number of aliphatic hydroxyl groups excluding tert-OH is 1. The average Bonchev–Trinajstić information content (AvgIpc) is 2.53. The van der Waals surface area contributed by atoms with Crippen LogP contribution in [0.5, 0.6) is 0 Å². The van der Waals surface area contributed by atoms with Crippen molar-refractivity contribution in [1.82, 2.24) is 9.36 Å². The minimum absolute atomic E-state index is 0.350. The molecule has 1 unspecified atom stereocenters. The monoisotopic (exact) mass is 216 g/mol. The van der Waals surface area contributed by atoms with Crippen LogP contribution in [0, 0.1) is 0 Å². The van der Waals surface area contributed by atoms with Crippen molar-refractivity contribution in [2.24, 2.45) is 0 Å². The molecule has 0 aliphatic rings. The molecule has 5 heteroatoms. The minimum Gasteiger partial charge on any atom is -0.390 e. The van der Waals surface area contributed by atoms with Crippen molar-refractivity contribution in [1.29, 1.82) is 0 Å². The predicted molar refractivity (Wildman–Crippen MR) is 55.5 cm³/mol. The van der Waals surface area contributed by atoms with Crippen molar-refractivity contribution in [3.05, 3.63) is 10.8 Å². The van der Waals surface area contributed by atoms with Crippen LogP contribution in [0.3, 0.4) is 0 Å². The highest BCUT2D eigenvalue weighted by atomic mass is 32.1. The quantitative estimate of drug-likeness (QED) is 0.772. The fourth-order valence-electron chi connectivity index (χ4n) is 1.15. The number of methoxy groups -OCH3 is 1. The van der Waals surface area contributed by atoms with E-state index >= 15 is 0 Å². The van der Waals surface area contributed by atoms with Gasteiger partial charge >= 0.3 is 0 Å². The molecule has 0 saturated heterocycles. The largest absolute Gasteiger partial charge is 0.390 e. The Bertz CT molecular complexity index is 265. The molecule has 1 heterocycles. The molecule has 1 rings (SSSR count). The predicted octanol–water partition coefficient (Wildman–Crippen LogP) is 1.04. The van der Waals surface area contributed by atoms with E-state index in [-0.39, 0.29) is 0 Å². The summed E-state index contributed by atoms with van der Waals surface area (Å²) in [5, 5.41) is 10.3. The lowest BCUT2D eigenvalue weighted by atomic mass is 10.3. The van der Waals surface area contributed by atoms with Gasteiger partial charge in [-0.25, -0.2) is 4.98 Å². The SMILES string of the molecule is CCCc1nsc(CC(O)COC)n1. The Hall–Kier alpha value is -0.520. The maximum atomic E-state index is 9.46. The molecule has 1 aromatic rings. The Morgan fingerprint density at radius 2 is 2.36 bits per heavy atom. The van der Waals surface area contributed by atoms with Crippen molar-refractivity contribution in [2.45, 2.75) is 32.3 Å². The van der Waals surface area contributed by atoms with Crippen LogP contribution in [0.2, 0.25) is 0 Å². The Morgan fingerprint density at radius 1 is 1.57 bits per heavy atom. The first-order valence-corrected chi connectivity index (χ1v) is 5.52. The van der Waals surface area contributed by atoms with Gasteiger partial charge in [0.2, 0.25) is 0 Å². The van der Waals surface area contributed by atoms with Crippen LogP contribution < -0.4 is 0 Å².